The summed E-state index contributed by atoms with van der Waals surface area (Å²) < 4.78 is 1.15. The first kappa shape index (κ1) is 17.9. The van der Waals surface area contributed by atoms with Gasteiger partial charge in [0.1, 0.15) is 16.7 Å². The van der Waals surface area contributed by atoms with Gasteiger partial charge in [0, 0.05) is 21.6 Å². The van der Waals surface area contributed by atoms with E-state index < -0.39 is 6.04 Å². The van der Waals surface area contributed by atoms with E-state index in [1.807, 2.05) is 31.2 Å². The molecule has 1 heterocycles. The van der Waals surface area contributed by atoms with Crippen molar-refractivity contribution < 1.29 is 9.59 Å². The number of amides is 2. The molecule has 0 bridgehead atoms. The molecule has 0 saturated carbocycles. The minimum Gasteiger partial charge on any atom is -0.357 e. The molecule has 7 heteroatoms. The van der Waals surface area contributed by atoms with E-state index in [4.69, 9.17) is 0 Å². The topological polar surface area (TPSA) is 71.1 Å². The van der Waals surface area contributed by atoms with Gasteiger partial charge in [-0.05, 0) is 41.1 Å². The molecule has 2 N–H and O–H groups in total. The molecular formula is C16H18IN3O2S. The van der Waals surface area contributed by atoms with Crippen molar-refractivity contribution in [1.82, 2.24) is 15.6 Å². The van der Waals surface area contributed by atoms with Crippen LogP contribution in [0.2, 0.25) is 0 Å². The number of aromatic nitrogens is 1. The molecule has 0 aliphatic rings. The summed E-state index contributed by atoms with van der Waals surface area (Å²) in [7, 11) is 1.56. The lowest BCUT2D eigenvalue weighted by molar-refractivity contribution is -0.122. The van der Waals surface area contributed by atoms with Crippen LogP contribution in [0.15, 0.2) is 29.6 Å². The first-order valence-electron chi connectivity index (χ1n) is 7.29. The summed E-state index contributed by atoms with van der Waals surface area (Å²) in [6.45, 7) is 1.97. The molecule has 2 rings (SSSR count). The van der Waals surface area contributed by atoms with E-state index in [2.05, 4.69) is 38.2 Å². The third kappa shape index (κ3) is 4.74. The number of carbonyl (C=O) groups is 2. The van der Waals surface area contributed by atoms with Gasteiger partial charge in [-0.1, -0.05) is 25.5 Å². The zero-order valence-corrected chi connectivity index (χ0v) is 15.9. The Morgan fingerprint density at radius 2 is 2.00 bits per heavy atom. The highest BCUT2D eigenvalue weighted by molar-refractivity contribution is 14.1. The number of rotatable bonds is 6. The van der Waals surface area contributed by atoms with Crippen LogP contribution in [-0.4, -0.2) is 29.9 Å². The highest BCUT2D eigenvalue weighted by atomic mass is 127. The highest BCUT2D eigenvalue weighted by Gasteiger charge is 2.21. The monoisotopic (exact) mass is 443 g/mol. The normalized spacial score (nSPS) is 11.8. The Balaban J connectivity index is 2.11. The fourth-order valence-electron chi connectivity index (χ4n) is 2.07. The van der Waals surface area contributed by atoms with Crippen molar-refractivity contribution in [3.63, 3.8) is 0 Å². The van der Waals surface area contributed by atoms with E-state index in [0.717, 1.165) is 20.6 Å². The van der Waals surface area contributed by atoms with E-state index in [0.29, 0.717) is 12.1 Å². The van der Waals surface area contributed by atoms with Gasteiger partial charge in [0.05, 0.1) is 0 Å². The van der Waals surface area contributed by atoms with Gasteiger partial charge >= 0.3 is 0 Å². The quantitative estimate of drug-likeness (QED) is 0.675. The molecule has 122 valence electrons. The van der Waals surface area contributed by atoms with Crippen LogP contribution in [0.3, 0.4) is 0 Å². The summed E-state index contributed by atoms with van der Waals surface area (Å²) in [5.41, 5.74) is 1.32. The van der Waals surface area contributed by atoms with Crippen LogP contribution >= 0.6 is 33.9 Å². The summed E-state index contributed by atoms with van der Waals surface area (Å²) in [6.07, 6.45) is 1.41. The first-order chi connectivity index (χ1) is 11.0. The molecular weight excluding hydrogens is 425 g/mol. The molecule has 0 aliphatic carbocycles. The van der Waals surface area contributed by atoms with Crippen LogP contribution in [0.5, 0.6) is 0 Å². The van der Waals surface area contributed by atoms with Gasteiger partial charge in [0.15, 0.2) is 0 Å². The fraction of sp³-hybridized carbons (Fsp3) is 0.312. The number of hydrogen-bond acceptors (Lipinski definition) is 4. The van der Waals surface area contributed by atoms with E-state index in [-0.39, 0.29) is 11.8 Å². The van der Waals surface area contributed by atoms with Crippen LogP contribution in [-0.2, 0) is 4.79 Å². The number of nitrogens with zero attached hydrogens (tertiary/aromatic N) is 1. The number of hydrogen-bond donors (Lipinski definition) is 2. The molecule has 0 radical (unpaired) electrons. The number of thiazole rings is 1. The summed E-state index contributed by atoms with van der Waals surface area (Å²) >= 11 is 3.66. The molecule has 1 aromatic carbocycles. The lowest BCUT2D eigenvalue weighted by atomic mass is 10.1. The number of carbonyl (C=O) groups excluding carboxylic acids is 2. The second-order valence-electron chi connectivity index (χ2n) is 4.97. The lowest BCUT2D eigenvalue weighted by Crippen LogP contribution is -2.45. The Labute approximate surface area is 153 Å². The highest BCUT2D eigenvalue weighted by Crippen LogP contribution is 2.24. The number of likely N-dealkylation sites (N-methyl/N-ethyl adjacent to an activating group) is 1. The third-order valence-corrected chi connectivity index (χ3v) is 4.88. The van der Waals surface area contributed by atoms with Gasteiger partial charge in [-0.15, -0.1) is 11.3 Å². The Kier molecular flexibility index (Phi) is 6.52. The van der Waals surface area contributed by atoms with Gasteiger partial charge in [0.25, 0.3) is 5.91 Å². The number of nitrogens with one attached hydrogen (secondary N) is 2. The summed E-state index contributed by atoms with van der Waals surface area (Å²) in [5.74, 6) is -0.506. The van der Waals surface area contributed by atoms with Gasteiger partial charge in [-0.2, -0.15) is 0 Å². The molecule has 0 spiro atoms. The van der Waals surface area contributed by atoms with Crippen LogP contribution < -0.4 is 10.6 Å². The second kappa shape index (κ2) is 8.39. The van der Waals surface area contributed by atoms with E-state index >= 15 is 0 Å². The zero-order valence-electron chi connectivity index (χ0n) is 12.9. The summed E-state index contributed by atoms with van der Waals surface area (Å²) in [4.78, 5) is 28.5. The lowest BCUT2D eigenvalue weighted by Gasteiger charge is -2.15. The molecule has 2 amide bonds. The Bertz CT molecular complexity index is 685. The Hall–Kier alpha value is -1.48. The second-order valence-corrected chi connectivity index (χ2v) is 7.08. The van der Waals surface area contributed by atoms with Crippen molar-refractivity contribution in [2.45, 2.75) is 25.8 Å². The SMILES string of the molecule is CCC[C@H](NC(=O)c1csc(-c2ccc(I)cc2)n1)C(=O)NC. The molecule has 0 aliphatic heterocycles. The van der Waals surface area contributed by atoms with Crippen molar-refractivity contribution in [2.75, 3.05) is 7.05 Å². The molecule has 2 aromatic rings. The summed E-state index contributed by atoms with van der Waals surface area (Å²) in [6, 6.07) is 7.43. The molecule has 23 heavy (non-hydrogen) atoms. The first-order valence-corrected chi connectivity index (χ1v) is 9.25. The summed E-state index contributed by atoms with van der Waals surface area (Å²) in [5, 5.41) is 7.83. The van der Waals surface area contributed by atoms with Crippen molar-refractivity contribution >= 4 is 45.7 Å². The predicted molar refractivity (Wildman–Crippen MR) is 100 cm³/mol. The van der Waals surface area contributed by atoms with Gasteiger partial charge < -0.3 is 10.6 Å². The van der Waals surface area contributed by atoms with E-state index in [1.165, 1.54) is 11.3 Å². The maximum absolute atomic E-state index is 12.3. The van der Waals surface area contributed by atoms with E-state index in [9.17, 15) is 9.59 Å². The molecule has 0 fully saturated rings. The Morgan fingerprint density at radius 3 is 2.61 bits per heavy atom. The molecule has 0 unspecified atom stereocenters. The third-order valence-electron chi connectivity index (χ3n) is 3.27. The maximum Gasteiger partial charge on any atom is 0.271 e. The molecule has 1 aromatic heterocycles. The Morgan fingerprint density at radius 1 is 1.30 bits per heavy atom. The van der Waals surface area contributed by atoms with E-state index in [1.54, 1.807) is 12.4 Å². The van der Waals surface area contributed by atoms with Crippen molar-refractivity contribution in [3.05, 3.63) is 38.9 Å². The maximum atomic E-state index is 12.3. The zero-order chi connectivity index (χ0) is 16.8. The minimum absolute atomic E-state index is 0.187. The van der Waals surface area contributed by atoms with Crippen LogP contribution in [0, 0.1) is 3.57 Å². The molecule has 1 atom stereocenters. The predicted octanol–water partition coefficient (Wildman–Crippen LogP) is 3.06. The van der Waals surface area contributed by atoms with Crippen LogP contribution in [0.25, 0.3) is 10.6 Å². The van der Waals surface area contributed by atoms with Gasteiger partial charge in [-0.3, -0.25) is 9.59 Å². The average Bonchev–Trinajstić information content (AvgIpc) is 3.04. The standard InChI is InChI=1S/C16H18IN3O2S/c1-3-4-12(14(21)18-2)19-15(22)13-9-23-16(20-13)10-5-7-11(17)8-6-10/h5-9,12H,3-4H2,1-2H3,(H,18,21)(H,19,22)/t12-/m0/s1. The average molecular weight is 443 g/mol. The van der Waals surface area contributed by atoms with Crippen molar-refractivity contribution in [1.29, 1.82) is 0 Å². The van der Waals surface area contributed by atoms with Crippen LogP contribution in [0.1, 0.15) is 30.3 Å². The molecule has 0 saturated heterocycles. The minimum atomic E-state index is -0.527. The number of benzene rings is 1. The largest absolute Gasteiger partial charge is 0.357 e. The molecule has 5 nitrogen and oxygen atoms in total. The fourth-order valence-corrected chi connectivity index (χ4v) is 3.23. The van der Waals surface area contributed by atoms with Crippen molar-refractivity contribution in [2.24, 2.45) is 0 Å². The van der Waals surface area contributed by atoms with Gasteiger partial charge in [-0.25, -0.2) is 4.98 Å². The number of halogens is 1. The smallest absolute Gasteiger partial charge is 0.271 e. The van der Waals surface area contributed by atoms with Crippen molar-refractivity contribution in [3.8, 4) is 10.6 Å². The van der Waals surface area contributed by atoms with Crippen LogP contribution in [0.4, 0.5) is 0 Å². The van der Waals surface area contributed by atoms with Gasteiger partial charge in [0.2, 0.25) is 5.91 Å².